The molecule has 4 heterocycles. The molecule has 3 fully saturated rings. The first kappa shape index (κ1) is 11.7. The van der Waals surface area contributed by atoms with Crippen LogP contribution in [0, 0.1) is 0 Å². The molecule has 3 aliphatic rings. The van der Waals surface area contributed by atoms with Crippen molar-refractivity contribution in [2.45, 2.75) is 49.9 Å². The van der Waals surface area contributed by atoms with Crippen molar-refractivity contribution >= 4 is 0 Å². The number of aromatic nitrogens is 1. The first-order chi connectivity index (χ1) is 9.40. The van der Waals surface area contributed by atoms with E-state index in [1.807, 2.05) is 12.1 Å². The molecule has 1 N–H and O–H groups in total. The monoisotopic (exact) mass is 259 g/mol. The maximum absolute atomic E-state index is 6.13. The van der Waals surface area contributed by atoms with Gasteiger partial charge in [0.25, 0.3) is 0 Å². The molecule has 2 bridgehead atoms. The molecule has 3 saturated heterocycles. The number of hydrogen-bond donors (Lipinski definition) is 1. The Hall–Kier alpha value is -1.13. The maximum atomic E-state index is 6.13. The van der Waals surface area contributed by atoms with Crippen molar-refractivity contribution in [2.75, 3.05) is 13.1 Å². The van der Waals surface area contributed by atoms with E-state index >= 15 is 0 Å². The van der Waals surface area contributed by atoms with Crippen LogP contribution in [0.4, 0.5) is 0 Å². The van der Waals surface area contributed by atoms with E-state index in [2.05, 4.69) is 15.2 Å². The van der Waals surface area contributed by atoms with Crippen LogP contribution in [0.15, 0.2) is 24.5 Å². The number of hydrogen-bond acceptors (Lipinski definition) is 4. The average Bonchev–Trinajstić information content (AvgIpc) is 2.62. The quantitative estimate of drug-likeness (QED) is 0.891. The lowest BCUT2D eigenvalue weighted by atomic mass is 9.95. The van der Waals surface area contributed by atoms with Crippen LogP contribution in [-0.4, -0.2) is 47.2 Å². The van der Waals surface area contributed by atoms with Gasteiger partial charge in [-0.2, -0.15) is 0 Å². The van der Waals surface area contributed by atoms with Crippen LogP contribution in [0.2, 0.25) is 0 Å². The molecule has 1 aromatic rings. The lowest BCUT2D eigenvalue weighted by Gasteiger charge is -2.47. The van der Waals surface area contributed by atoms with Gasteiger partial charge in [0, 0.05) is 43.6 Å². The molecule has 4 rings (SSSR count). The molecule has 2 unspecified atom stereocenters. The van der Waals surface area contributed by atoms with E-state index in [0.717, 1.165) is 23.9 Å². The lowest BCUT2D eigenvalue weighted by Crippen LogP contribution is -2.62. The summed E-state index contributed by atoms with van der Waals surface area (Å²) in [5.74, 6) is 0.971. The highest BCUT2D eigenvalue weighted by molar-refractivity contribution is 5.17. The van der Waals surface area contributed by atoms with Gasteiger partial charge >= 0.3 is 0 Å². The Kier molecular flexibility index (Phi) is 2.93. The summed E-state index contributed by atoms with van der Waals surface area (Å²) in [7, 11) is 0. The highest BCUT2D eigenvalue weighted by atomic mass is 16.5. The third-order valence-corrected chi connectivity index (χ3v) is 4.88. The topological polar surface area (TPSA) is 37.4 Å². The number of fused-ring (bicyclic) bond motifs is 2. The Morgan fingerprint density at radius 3 is 2.32 bits per heavy atom. The summed E-state index contributed by atoms with van der Waals surface area (Å²) < 4.78 is 6.13. The highest BCUT2D eigenvalue weighted by Gasteiger charge is 2.45. The zero-order valence-electron chi connectivity index (χ0n) is 11.2. The van der Waals surface area contributed by atoms with E-state index < -0.39 is 0 Å². The van der Waals surface area contributed by atoms with Gasteiger partial charge in [0.05, 0.1) is 0 Å². The Balaban J connectivity index is 1.42. The zero-order valence-corrected chi connectivity index (χ0v) is 11.2. The van der Waals surface area contributed by atoms with E-state index in [0.29, 0.717) is 6.10 Å². The van der Waals surface area contributed by atoms with Gasteiger partial charge in [0.2, 0.25) is 0 Å². The Morgan fingerprint density at radius 1 is 1.05 bits per heavy atom. The van der Waals surface area contributed by atoms with Gasteiger partial charge in [-0.25, -0.2) is 0 Å². The summed E-state index contributed by atoms with van der Waals surface area (Å²) in [4.78, 5) is 6.82. The molecule has 1 aromatic heterocycles. The number of pyridine rings is 1. The van der Waals surface area contributed by atoms with Crippen molar-refractivity contribution in [1.29, 1.82) is 0 Å². The molecule has 19 heavy (non-hydrogen) atoms. The van der Waals surface area contributed by atoms with Gasteiger partial charge in [-0.1, -0.05) is 0 Å². The van der Waals surface area contributed by atoms with Crippen LogP contribution >= 0.6 is 0 Å². The molecule has 2 atom stereocenters. The summed E-state index contributed by atoms with van der Waals surface area (Å²) in [6.45, 7) is 2.37. The van der Waals surface area contributed by atoms with E-state index in [1.165, 1.54) is 38.8 Å². The molecular weight excluding hydrogens is 238 g/mol. The smallest absolute Gasteiger partial charge is 0.122 e. The minimum atomic E-state index is 0.393. The van der Waals surface area contributed by atoms with Crippen LogP contribution in [0.5, 0.6) is 5.75 Å². The summed E-state index contributed by atoms with van der Waals surface area (Å²) in [6, 6.07) is 6.21. The van der Waals surface area contributed by atoms with Gasteiger partial charge in [0.1, 0.15) is 11.9 Å². The average molecular weight is 259 g/mol. The van der Waals surface area contributed by atoms with Crippen LogP contribution in [0.1, 0.15) is 25.7 Å². The number of nitrogens with zero attached hydrogens (tertiary/aromatic N) is 2. The largest absolute Gasteiger partial charge is 0.490 e. The van der Waals surface area contributed by atoms with Crippen LogP contribution in [0.3, 0.4) is 0 Å². The minimum Gasteiger partial charge on any atom is -0.490 e. The molecule has 0 spiro atoms. The number of nitrogens with one attached hydrogen (secondary N) is 1. The number of piperidine rings is 1. The first-order valence-corrected chi connectivity index (χ1v) is 7.45. The molecule has 0 aromatic carbocycles. The van der Waals surface area contributed by atoms with Crippen molar-refractivity contribution in [2.24, 2.45) is 0 Å². The SMILES string of the molecule is c1cc(OC2CC3CCC(C2)N3C2CNC2)ccn1. The Morgan fingerprint density at radius 2 is 1.74 bits per heavy atom. The predicted molar refractivity (Wildman–Crippen MR) is 73.2 cm³/mol. The van der Waals surface area contributed by atoms with E-state index in [9.17, 15) is 0 Å². The van der Waals surface area contributed by atoms with Gasteiger partial charge in [0.15, 0.2) is 0 Å². The molecule has 3 aliphatic heterocycles. The lowest BCUT2D eigenvalue weighted by molar-refractivity contribution is 0.00607. The van der Waals surface area contributed by atoms with Crippen molar-refractivity contribution in [3.63, 3.8) is 0 Å². The predicted octanol–water partition coefficient (Wildman–Crippen LogP) is 1.43. The van der Waals surface area contributed by atoms with E-state index in [1.54, 1.807) is 12.4 Å². The van der Waals surface area contributed by atoms with Gasteiger partial charge in [-0.15, -0.1) is 0 Å². The standard InChI is InChI=1S/C15H21N3O/c1-2-12-8-15(19-14-3-5-16-6-4-14)7-11(1)18(12)13-9-17-10-13/h3-6,11-13,15,17H,1-2,7-10H2. The number of rotatable bonds is 3. The van der Waals surface area contributed by atoms with Crippen LogP contribution < -0.4 is 10.1 Å². The van der Waals surface area contributed by atoms with Crippen LogP contribution in [-0.2, 0) is 0 Å². The molecule has 4 nitrogen and oxygen atoms in total. The van der Waals surface area contributed by atoms with Gasteiger partial charge in [-0.05, 0) is 37.8 Å². The second kappa shape index (κ2) is 4.76. The first-order valence-electron chi connectivity index (χ1n) is 7.45. The normalized spacial score (nSPS) is 35.1. The van der Waals surface area contributed by atoms with Crippen molar-refractivity contribution in [1.82, 2.24) is 15.2 Å². The second-order valence-electron chi connectivity index (χ2n) is 6.04. The summed E-state index contributed by atoms with van der Waals surface area (Å²) >= 11 is 0. The molecule has 0 aliphatic carbocycles. The van der Waals surface area contributed by atoms with E-state index in [-0.39, 0.29) is 0 Å². The fourth-order valence-electron chi connectivity index (χ4n) is 3.95. The summed E-state index contributed by atoms with van der Waals surface area (Å²) in [5, 5.41) is 3.40. The molecule has 0 radical (unpaired) electrons. The molecule has 4 heteroatoms. The molecule has 0 saturated carbocycles. The fourth-order valence-corrected chi connectivity index (χ4v) is 3.95. The molecular formula is C15H21N3O. The highest BCUT2D eigenvalue weighted by Crippen LogP contribution is 2.39. The zero-order chi connectivity index (χ0) is 12.7. The fraction of sp³-hybridized carbons (Fsp3) is 0.667. The summed E-state index contributed by atoms with van der Waals surface area (Å²) in [5.41, 5.74) is 0. The van der Waals surface area contributed by atoms with Crippen molar-refractivity contribution < 1.29 is 4.74 Å². The Bertz CT molecular complexity index is 420. The number of ether oxygens (including phenoxy) is 1. The summed E-state index contributed by atoms with van der Waals surface area (Å²) in [6.07, 6.45) is 9.10. The van der Waals surface area contributed by atoms with Gasteiger partial charge < -0.3 is 10.1 Å². The second-order valence-corrected chi connectivity index (χ2v) is 6.04. The third-order valence-electron chi connectivity index (χ3n) is 4.88. The van der Waals surface area contributed by atoms with E-state index in [4.69, 9.17) is 4.74 Å². The molecule has 102 valence electrons. The van der Waals surface area contributed by atoms with Crippen LogP contribution in [0.25, 0.3) is 0 Å². The van der Waals surface area contributed by atoms with Gasteiger partial charge in [-0.3, -0.25) is 9.88 Å². The Labute approximate surface area is 114 Å². The maximum Gasteiger partial charge on any atom is 0.122 e. The van der Waals surface area contributed by atoms with Crippen molar-refractivity contribution in [3.05, 3.63) is 24.5 Å². The van der Waals surface area contributed by atoms with Crippen molar-refractivity contribution in [3.8, 4) is 5.75 Å². The minimum absolute atomic E-state index is 0.393. The third kappa shape index (κ3) is 2.13. The molecule has 0 amide bonds.